The molecule has 34 heavy (non-hydrogen) atoms. The summed E-state index contributed by atoms with van der Waals surface area (Å²) in [5.41, 5.74) is 0. The molecule has 0 bridgehead atoms. The summed E-state index contributed by atoms with van der Waals surface area (Å²) in [6, 6.07) is 0. The van der Waals surface area contributed by atoms with Gasteiger partial charge in [-0.2, -0.15) is 0 Å². The first-order chi connectivity index (χ1) is 16.0. The van der Waals surface area contributed by atoms with E-state index in [-0.39, 0.29) is 6.29 Å². The average molecular weight is 504 g/mol. The maximum absolute atomic E-state index is 10.8. The summed E-state index contributed by atoms with van der Waals surface area (Å²) in [5, 5.41) is 108. The van der Waals surface area contributed by atoms with Gasteiger partial charge in [-0.1, -0.05) is 0 Å². The summed E-state index contributed by atoms with van der Waals surface area (Å²) < 4.78 is 20.9. The van der Waals surface area contributed by atoms with E-state index in [9.17, 15) is 55.9 Å². The van der Waals surface area contributed by atoms with Crippen molar-refractivity contribution in [2.45, 2.75) is 85.8 Å². The van der Waals surface area contributed by atoms with Crippen LogP contribution in [0.3, 0.4) is 0 Å². The van der Waals surface area contributed by atoms with Crippen molar-refractivity contribution in [1.82, 2.24) is 0 Å². The predicted octanol–water partition coefficient (Wildman–Crippen LogP) is -7.73. The average Bonchev–Trinajstić information content (AvgIpc) is 2.84. The van der Waals surface area contributed by atoms with E-state index in [1.165, 1.54) is 0 Å². The van der Waals surface area contributed by atoms with Gasteiger partial charge in [0.25, 0.3) is 0 Å². The quantitative estimate of drug-likeness (QED) is 0.117. The second-order valence-corrected chi connectivity index (χ2v) is 8.01. The lowest BCUT2D eigenvalue weighted by atomic mass is 9.98. The molecule has 200 valence electrons. The van der Waals surface area contributed by atoms with Crippen LogP contribution >= 0.6 is 0 Å². The zero-order valence-electron chi connectivity index (χ0n) is 17.7. The van der Waals surface area contributed by atoms with E-state index >= 15 is 0 Å². The number of hydrogen-bond acceptors (Lipinski definition) is 16. The smallest absolute Gasteiger partial charge is 0.187 e. The Kier molecular flexibility index (Phi) is 11.1. The Balaban J connectivity index is 2.10. The van der Waals surface area contributed by atoms with Crippen molar-refractivity contribution in [1.29, 1.82) is 0 Å². The molecule has 0 aromatic carbocycles. The van der Waals surface area contributed by atoms with Gasteiger partial charge in [0.2, 0.25) is 0 Å². The van der Waals surface area contributed by atoms with E-state index in [1.54, 1.807) is 0 Å². The highest BCUT2D eigenvalue weighted by atomic mass is 16.7. The van der Waals surface area contributed by atoms with Crippen LogP contribution in [0.2, 0.25) is 0 Å². The van der Waals surface area contributed by atoms with E-state index in [0.717, 1.165) is 0 Å². The Bertz CT molecular complexity index is 623. The molecule has 16 nitrogen and oxygen atoms in total. The number of ether oxygens (including phenoxy) is 4. The minimum Gasteiger partial charge on any atom is -0.394 e. The fourth-order valence-electron chi connectivity index (χ4n) is 3.49. The molecule has 0 spiro atoms. The SMILES string of the molecule is O=C[C@H](O)[C@@H](O)[C@H](O[C@H]1O[C@H](CO[C@H]2O[C@H](CO)[C@H](O)[C@H](O)[C@H]2O)[C@@H](O)[C@H](O)[C@H]1O)[C@H](O)CO. The molecule has 0 saturated carbocycles. The van der Waals surface area contributed by atoms with E-state index in [1.807, 2.05) is 0 Å². The van der Waals surface area contributed by atoms with Crippen LogP contribution in [0, 0.1) is 0 Å². The van der Waals surface area contributed by atoms with Crippen molar-refractivity contribution >= 4 is 6.29 Å². The van der Waals surface area contributed by atoms with E-state index in [4.69, 9.17) is 24.1 Å². The molecule has 2 aliphatic heterocycles. The van der Waals surface area contributed by atoms with Crippen LogP contribution in [0.1, 0.15) is 0 Å². The molecular weight excluding hydrogens is 472 g/mol. The first-order valence-corrected chi connectivity index (χ1v) is 10.4. The summed E-state index contributed by atoms with van der Waals surface area (Å²) >= 11 is 0. The molecule has 0 unspecified atom stereocenters. The van der Waals surface area contributed by atoms with Gasteiger partial charge in [-0.15, -0.1) is 0 Å². The normalized spacial score (nSPS) is 42.6. The minimum absolute atomic E-state index is 0.0704. The highest BCUT2D eigenvalue weighted by molar-refractivity contribution is 5.56. The monoisotopic (exact) mass is 504 g/mol. The molecule has 2 rings (SSSR count). The molecule has 0 aromatic rings. The third-order valence-electron chi connectivity index (χ3n) is 5.63. The fourth-order valence-corrected chi connectivity index (χ4v) is 3.49. The highest BCUT2D eigenvalue weighted by Gasteiger charge is 2.49. The lowest BCUT2D eigenvalue weighted by Crippen LogP contribution is -2.63. The van der Waals surface area contributed by atoms with Crippen LogP contribution < -0.4 is 0 Å². The third-order valence-corrected chi connectivity index (χ3v) is 5.63. The van der Waals surface area contributed by atoms with E-state index in [0.29, 0.717) is 0 Å². The van der Waals surface area contributed by atoms with Gasteiger partial charge in [-0.3, -0.25) is 0 Å². The number of aldehydes is 1. The summed E-state index contributed by atoms with van der Waals surface area (Å²) in [5.74, 6) is 0. The van der Waals surface area contributed by atoms with Crippen LogP contribution in [0.15, 0.2) is 0 Å². The Morgan fingerprint density at radius 2 is 1.29 bits per heavy atom. The number of carbonyl (C=O) groups excluding carboxylic acids is 1. The van der Waals surface area contributed by atoms with Crippen LogP contribution in [0.4, 0.5) is 0 Å². The van der Waals surface area contributed by atoms with Gasteiger partial charge in [0.05, 0.1) is 19.8 Å². The van der Waals surface area contributed by atoms with Gasteiger partial charge in [-0.05, 0) is 0 Å². The second kappa shape index (κ2) is 12.9. The summed E-state index contributed by atoms with van der Waals surface area (Å²) in [7, 11) is 0. The zero-order chi connectivity index (χ0) is 25.7. The maximum atomic E-state index is 10.8. The third kappa shape index (κ3) is 6.44. The molecule has 2 fully saturated rings. The van der Waals surface area contributed by atoms with Crippen LogP contribution in [-0.4, -0.2) is 168 Å². The Hall–Kier alpha value is -0.930. The second-order valence-electron chi connectivity index (χ2n) is 8.01. The molecule has 2 aliphatic rings. The topological polar surface area (TPSA) is 277 Å². The first kappa shape index (κ1) is 29.3. The number of rotatable bonds is 11. The molecule has 0 amide bonds. The van der Waals surface area contributed by atoms with Crippen molar-refractivity contribution in [3.63, 3.8) is 0 Å². The number of carbonyl (C=O) groups is 1. The van der Waals surface area contributed by atoms with Gasteiger partial charge in [-0.25, -0.2) is 0 Å². The van der Waals surface area contributed by atoms with Crippen LogP contribution in [0.25, 0.3) is 0 Å². The molecule has 0 aromatic heterocycles. The molecule has 16 heteroatoms. The molecule has 2 saturated heterocycles. The van der Waals surface area contributed by atoms with Crippen molar-refractivity contribution in [2.75, 3.05) is 19.8 Å². The highest BCUT2D eigenvalue weighted by Crippen LogP contribution is 2.27. The van der Waals surface area contributed by atoms with Gasteiger partial charge in [0.1, 0.15) is 73.2 Å². The van der Waals surface area contributed by atoms with Gasteiger partial charge in [0.15, 0.2) is 18.9 Å². The largest absolute Gasteiger partial charge is 0.394 e. The van der Waals surface area contributed by atoms with Crippen molar-refractivity contribution in [3.05, 3.63) is 0 Å². The van der Waals surface area contributed by atoms with Crippen LogP contribution in [-0.2, 0) is 23.7 Å². The van der Waals surface area contributed by atoms with Gasteiger partial charge in [0, 0.05) is 0 Å². The molecule has 0 radical (unpaired) electrons. The molecule has 11 N–H and O–H groups in total. The number of aliphatic hydroxyl groups is 11. The molecule has 2 heterocycles. The standard InChI is InChI=1S/C18H32O16/c19-1-5(22)9(24)16(6(23)2-20)34-18-15(30)13(28)11(26)8(33-18)4-31-17-14(29)12(27)10(25)7(3-21)32-17/h1,5-18,20-30H,2-4H2/t5-,6+,7+,8+,9+,10-,11+,12-,13-,14+,15+,16+,17-,18+/m0/s1. The summed E-state index contributed by atoms with van der Waals surface area (Å²) in [6.07, 6.45) is -25.1. The maximum Gasteiger partial charge on any atom is 0.187 e. The Labute approximate surface area is 192 Å². The summed E-state index contributed by atoms with van der Waals surface area (Å²) in [6.45, 7) is -2.39. The molecule has 0 aliphatic carbocycles. The number of hydrogen-bond donors (Lipinski definition) is 11. The lowest BCUT2D eigenvalue weighted by molar-refractivity contribution is -0.343. The first-order valence-electron chi connectivity index (χ1n) is 10.4. The lowest BCUT2D eigenvalue weighted by Gasteiger charge is -2.43. The van der Waals surface area contributed by atoms with Crippen molar-refractivity contribution in [3.8, 4) is 0 Å². The molecule has 14 atom stereocenters. The van der Waals surface area contributed by atoms with E-state index in [2.05, 4.69) is 0 Å². The molecular formula is C18H32O16. The summed E-state index contributed by atoms with van der Waals surface area (Å²) in [4.78, 5) is 10.8. The Morgan fingerprint density at radius 3 is 1.82 bits per heavy atom. The zero-order valence-corrected chi connectivity index (χ0v) is 17.7. The van der Waals surface area contributed by atoms with Crippen LogP contribution in [0.5, 0.6) is 0 Å². The number of aliphatic hydroxyl groups excluding tert-OH is 11. The minimum atomic E-state index is -2.08. The van der Waals surface area contributed by atoms with Crippen molar-refractivity contribution < 1.29 is 79.9 Å². The fraction of sp³-hybridized carbons (Fsp3) is 0.944. The Morgan fingerprint density at radius 1 is 0.765 bits per heavy atom. The van der Waals surface area contributed by atoms with E-state index < -0.39 is 106 Å². The van der Waals surface area contributed by atoms with Gasteiger partial charge >= 0.3 is 0 Å². The predicted molar refractivity (Wildman–Crippen MR) is 102 cm³/mol. The van der Waals surface area contributed by atoms with Crippen molar-refractivity contribution in [2.24, 2.45) is 0 Å². The van der Waals surface area contributed by atoms with Gasteiger partial charge < -0.3 is 79.9 Å².